The predicted molar refractivity (Wildman–Crippen MR) is 170 cm³/mol. The molecule has 4 N–H and O–H groups in total. The number of halogens is 1. The molecule has 12 nitrogen and oxygen atoms in total. The molecule has 0 aliphatic carbocycles. The summed E-state index contributed by atoms with van der Waals surface area (Å²) in [5.41, 5.74) is 5.61. The molecule has 0 saturated carbocycles. The van der Waals surface area contributed by atoms with E-state index < -0.39 is 24.3 Å². The van der Waals surface area contributed by atoms with Crippen LogP contribution in [0.1, 0.15) is 36.6 Å². The molecule has 1 aliphatic rings. The summed E-state index contributed by atoms with van der Waals surface area (Å²) in [6.07, 6.45) is 0.387. The summed E-state index contributed by atoms with van der Waals surface area (Å²) in [5, 5.41) is 19.9. The van der Waals surface area contributed by atoms with Crippen molar-refractivity contribution in [3.8, 4) is 23.0 Å². The average Bonchev–Trinajstić information content (AvgIpc) is 3.03. The number of rotatable bonds is 14. The Labute approximate surface area is 269 Å². The van der Waals surface area contributed by atoms with Crippen LogP contribution in [0.4, 0.5) is 4.79 Å². The predicted octanol–water partition coefficient (Wildman–Crippen LogP) is 4.56. The number of urea groups is 1. The van der Waals surface area contributed by atoms with Crippen LogP contribution in [-0.4, -0.2) is 57.0 Å². The molecule has 0 unspecified atom stereocenters. The van der Waals surface area contributed by atoms with Gasteiger partial charge in [0.2, 0.25) is 0 Å². The van der Waals surface area contributed by atoms with Crippen LogP contribution in [0.2, 0.25) is 0 Å². The standard InChI is InChI=1S/C32H35BrN4O8/c1-5-43-27-15-22(30-29(31(39)42-4)19(2)35-32(40)36-30)9-13-25(27)45-18-28(38)37-34-16-21-8-12-24(26(14-21)41-3)44-17-20-6-10-23(33)11-7-20/h6-16,28,30,37-38H,5,17-18H2,1-4H3,(H2,35,36,40)/b34-16-/t28-,30-/m1/s1. The van der Waals surface area contributed by atoms with E-state index in [4.69, 9.17) is 23.7 Å². The molecular formula is C32H35BrN4O8. The first-order chi connectivity index (χ1) is 21.7. The number of benzene rings is 3. The Balaban J connectivity index is 1.36. The van der Waals surface area contributed by atoms with Crippen molar-refractivity contribution in [2.24, 2.45) is 5.10 Å². The van der Waals surface area contributed by atoms with Crippen molar-refractivity contribution >= 4 is 34.1 Å². The zero-order chi connectivity index (χ0) is 32.3. The lowest BCUT2D eigenvalue weighted by Crippen LogP contribution is -2.45. The van der Waals surface area contributed by atoms with Crippen LogP contribution in [0.5, 0.6) is 23.0 Å². The van der Waals surface area contributed by atoms with Crippen LogP contribution in [0.3, 0.4) is 0 Å². The average molecular weight is 684 g/mol. The highest BCUT2D eigenvalue weighted by atomic mass is 79.9. The van der Waals surface area contributed by atoms with E-state index in [1.54, 1.807) is 44.4 Å². The smallest absolute Gasteiger partial charge is 0.337 e. The normalized spacial score (nSPS) is 15.2. The van der Waals surface area contributed by atoms with Crippen LogP contribution in [-0.2, 0) is 16.1 Å². The number of carbonyl (C=O) groups excluding carboxylic acids is 2. The number of aliphatic hydroxyl groups is 1. The van der Waals surface area contributed by atoms with Crippen molar-refractivity contribution < 1.29 is 38.4 Å². The number of hydrogen-bond acceptors (Lipinski definition) is 10. The van der Waals surface area contributed by atoms with E-state index in [1.807, 2.05) is 37.3 Å². The maximum absolute atomic E-state index is 12.4. The SMILES string of the molecule is CCOc1cc([C@H]2NC(=O)NC(C)=C2C(=O)OC)ccc1OC[C@@H](O)N/N=C\c1ccc(OCc2ccc(Br)cc2)c(OC)c1. The number of allylic oxidation sites excluding steroid dienone is 1. The molecule has 2 amide bonds. The quantitative estimate of drug-likeness (QED) is 0.0831. The molecule has 1 heterocycles. The molecule has 0 spiro atoms. The topological polar surface area (TPSA) is 149 Å². The number of nitrogens with one attached hydrogen (secondary N) is 3. The van der Waals surface area contributed by atoms with E-state index in [0.29, 0.717) is 47.5 Å². The lowest BCUT2D eigenvalue weighted by molar-refractivity contribution is -0.136. The fourth-order valence-corrected chi connectivity index (χ4v) is 4.71. The number of methoxy groups -OCH3 is 2. The Morgan fingerprint density at radius 3 is 2.47 bits per heavy atom. The molecule has 0 aromatic heterocycles. The Morgan fingerprint density at radius 1 is 1.02 bits per heavy atom. The molecule has 45 heavy (non-hydrogen) atoms. The molecule has 0 radical (unpaired) electrons. The summed E-state index contributed by atoms with van der Waals surface area (Å²) >= 11 is 3.42. The fourth-order valence-electron chi connectivity index (χ4n) is 4.45. The Hall–Kier alpha value is -4.75. The van der Waals surface area contributed by atoms with E-state index >= 15 is 0 Å². The van der Waals surface area contributed by atoms with Crippen molar-refractivity contribution in [2.45, 2.75) is 32.7 Å². The van der Waals surface area contributed by atoms with Crippen molar-refractivity contribution in [3.63, 3.8) is 0 Å². The largest absolute Gasteiger partial charge is 0.493 e. The second kappa shape index (κ2) is 15.8. The molecule has 2 atom stereocenters. The highest BCUT2D eigenvalue weighted by Crippen LogP contribution is 2.35. The van der Waals surface area contributed by atoms with Crippen molar-refractivity contribution in [2.75, 3.05) is 27.4 Å². The Kier molecular flexibility index (Phi) is 11.7. The first kappa shape index (κ1) is 33.1. The first-order valence-electron chi connectivity index (χ1n) is 14.0. The number of esters is 1. The van der Waals surface area contributed by atoms with Gasteiger partial charge in [0.15, 0.2) is 29.2 Å². The third kappa shape index (κ3) is 8.89. The molecule has 13 heteroatoms. The number of carbonyl (C=O) groups is 2. The number of ether oxygens (including phenoxy) is 5. The summed E-state index contributed by atoms with van der Waals surface area (Å²) in [4.78, 5) is 24.6. The first-order valence-corrected chi connectivity index (χ1v) is 14.8. The Morgan fingerprint density at radius 2 is 1.76 bits per heavy atom. The van der Waals surface area contributed by atoms with Crippen LogP contribution in [0.25, 0.3) is 0 Å². The minimum atomic E-state index is -1.15. The molecule has 4 rings (SSSR count). The third-order valence-electron chi connectivity index (χ3n) is 6.60. The van der Waals surface area contributed by atoms with Crippen LogP contribution < -0.4 is 35.0 Å². The molecule has 3 aromatic carbocycles. The van der Waals surface area contributed by atoms with E-state index in [0.717, 1.165) is 15.6 Å². The Bertz CT molecular complexity index is 1560. The van der Waals surface area contributed by atoms with Gasteiger partial charge in [0.05, 0.1) is 38.7 Å². The number of hydrogen-bond donors (Lipinski definition) is 4. The van der Waals surface area contributed by atoms with Gasteiger partial charge in [-0.2, -0.15) is 5.10 Å². The minimum absolute atomic E-state index is 0.153. The van der Waals surface area contributed by atoms with Crippen molar-refractivity contribution in [3.05, 3.63) is 93.1 Å². The molecule has 3 aromatic rings. The minimum Gasteiger partial charge on any atom is -0.493 e. The van der Waals surface area contributed by atoms with Crippen molar-refractivity contribution in [1.29, 1.82) is 0 Å². The number of nitrogens with zero attached hydrogens (tertiary/aromatic N) is 1. The van der Waals surface area contributed by atoms with Gasteiger partial charge in [-0.15, -0.1) is 0 Å². The zero-order valence-corrected chi connectivity index (χ0v) is 26.8. The third-order valence-corrected chi connectivity index (χ3v) is 7.13. The molecule has 1 aliphatic heterocycles. The lowest BCUT2D eigenvalue weighted by Gasteiger charge is -2.28. The summed E-state index contributed by atoms with van der Waals surface area (Å²) < 4.78 is 28.9. The number of hydrazone groups is 1. The fraction of sp³-hybridized carbons (Fsp3) is 0.281. The van der Waals surface area contributed by atoms with Crippen molar-refractivity contribution in [1.82, 2.24) is 16.1 Å². The van der Waals surface area contributed by atoms with Crippen LogP contribution >= 0.6 is 15.9 Å². The van der Waals surface area contributed by atoms with E-state index in [2.05, 4.69) is 37.1 Å². The van der Waals surface area contributed by atoms with Gasteiger partial charge >= 0.3 is 12.0 Å². The van der Waals surface area contributed by atoms with Gasteiger partial charge in [0, 0.05) is 10.2 Å². The maximum Gasteiger partial charge on any atom is 0.337 e. The number of aliphatic hydroxyl groups excluding tert-OH is 1. The van der Waals surface area contributed by atoms with Gasteiger partial charge in [-0.1, -0.05) is 34.1 Å². The van der Waals surface area contributed by atoms with Gasteiger partial charge in [-0.25, -0.2) is 9.59 Å². The van der Waals surface area contributed by atoms with E-state index in [1.165, 1.54) is 13.3 Å². The monoisotopic (exact) mass is 682 g/mol. The van der Waals surface area contributed by atoms with Gasteiger partial charge in [0.25, 0.3) is 0 Å². The second-order valence-electron chi connectivity index (χ2n) is 9.74. The molecular weight excluding hydrogens is 648 g/mol. The summed E-state index contributed by atoms with van der Waals surface area (Å²) in [7, 11) is 2.83. The molecule has 238 valence electrons. The summed E-state index contributed by atoms with van der Waals surface area (Å²) in [5.74, 6) is 1.28. The van der Waals surface area contributed by atoms with Gasteiger partial charge in [-0.05, 0) is 73.0 Å². The van der Waals surface area contributed by atoms with Gasteiger partial charge in [0.1, 0.15) is 13.2 Å². The van der Waals surface area contributed by atoms with Gasteiger partial charge < -0.3 is 39.4 Å². The zero-order valence-electron chi connectivity index (χ0n) is 25.3. The number of amides is 2. The van der Waals surface area contributed by atoms with E-state index in [-0.39, 0.29) is 12.2 Å². The van der Waals surface area contributed by atoms with Crippen LogP contribution in [0, 0.1) is 0 Å². The molecule has 0 bridgehead atoms. The molecule has 0 fully saturated rings. The van der Waals surface area contributed by atoms with Gasteiger partial charge in [-0.3, -0.25) is 5.43 Å². The second-order valence-corrected chi connectivity index (χ2v) is 10.7. The lowest BCUT2D eigenvalue weighted by atomic mass is 9.95. The summed E-state index contributed by atoms with van der Waals surface area (Å²) in [6.45, 7) is 4.01. The summed E-state index contributed by atoms with van der Waals surface area (Å²) in [6, 6.07) is 17.0. The van der Waals surface area contributed by atoms with Crippen LogP contribution in [0.15, 0.2) is 81.5 Å². The molecule has 0 saturated heterocycles. The van der Waals surface area contributed by atoms with E-state index in [9.17, 15) is 14.7 Å². The highest BCUT2D eigenvalue weighted by Gasteiger charge is 2.32. The maximum atomic E-state index is 12.4. The highest BCUT2D eigenvalue weighted by molar-refractivity contribution is 9.10.